The second-order valence-electron chi connectivity index (χ2n) is 9.97. The maximum Gasteiger partial charge on any atom is 0.343 e. The molecule has 0 bridgehead atoms. The molecule has 10 heteroatoms. The Balaban J connectivity index is 1.47. The van der Waals surface area contributed by atoms with Gasteiger partial charge in [0.1, 0.15) is 23.0 Å². The Bertz CT molecular complexity index is 1370. The van der Waals surface area contributed by atoms with Crippen LogP contribution in [0.5, 0.6) is 28.7 Å². The van der Waals surface area contributed by atoms with Crippen molar-refractivity contribution >= 4 is 23.5 Å². The van der Waals surface area contributed by atoms with E-state index in [4.69, 9.17) is 28.4 Å². The number of amides is 1. The lowest BCUT2D eigenvalue weighted by Gasteiger charge is -2.14. The van der Waals surface area contributed by atoms with Crippen molar-refractivity contribution in [2.45, 2.75) is 52.4 Å². The van der Waals surface area contributed by atoms with E-state index in [1.54, 1.807) is 48.5 Å². The molecule has 0 aliphatic rings. The van der Waals surface area contributed by atoms with Gasteiger partial charge in [0.2, 0.25) is 12.7 Å². The third-order valence-electron chi connectivity index (χ3n) is 6.31. The number of esters is 2. The zero-order chi connectivity index (χ0) is 32.3. The van der Waals surface area contributed by atoms with E-state index in [1.807, 2.05) is 12.1 Å². The van der Waals surface area contributed by atoms with Crippen LogP contribution in [-0.2, 0) is 14.3 Å². The minimum absolute atomic E-state index is 0.0763. The quantitative estimate of drug-likeness (QED) is 0.0463. The number of carbonyl (C=O) groups is 3. The molecule has 3 aromatic rings. The van der Waals surface area contributed by atoms with Gasteiger partial charge < -0.3 is 33.7 Å². The summed E-state index contributed by atoms with van der Waals surface area (Å²) in [5, 5.41) is 2.67. The highest BCUT2D eigenvalue weighted by molar-refractivity contribution is 5.94. The van der Waals surface area contributed by atoms with E-state index in [-0.39, 0.29) is 24.1 Å². The van der Waals surface area contributed by atoms with E-state index < -0.39 is 11.9 Å². The third kappa shape index (κ3) is 13.0. The molecule has 0 spiro atoms. The summed E-state index contributed by atoms with van der Waals surface area (Å²) in [7, 11) is 0. The first-order valence-corrected chi connectivity index (χ1v) is 15.0. The summed E-state index contributed by atoms with van der Waals surface area (Å²) in [6, 6.07) is 18.5. The minimum atomic E-state index is -0.609. The fraction of sp³-hybridized carbons (Fsp3) is 0.343. The van der Waals surface area contributed by atoms with E-state index >= 15 is 0 Å². The maximum atomic E-state index is 12.8. The molecule has 0 aliphatic carbocycles. The summed E-state index contributed by atoms with van der Waals surface area (Å²) < 4.78 is 33.3. The van der Waals surface area contributed by atoms with Crippen molar-refractivity contribution in [1.82, 2.24) is 0 Å². The third-order valence-corrected chi connectivity index (χ3v) is 6.31. The first kappa shape index (κ1) is 34.5. The highest BCUT2D eigenvalue weighted by Crippen LogP contribution is 2.30. The van der Waals surface area contributed by atoms with Crippen LogP contribution in [-0.4, -0.2) is 44.5 Å². The molecule has 0 saturated heterocycles. The van der Waals surface area contributed by atoms with Crippen molar-refractivity contribution in [2.24, 2.45) is 0 Å². The maximum absolute atomic E-state index is 12.8. The fourth-order valence-corrected chi connectivity index (χ4v) is 3.96. The number of anilines is 1. The lowest BCUT2D eigenvalue weighted by atomic mass is 10.2. The second-order valence-corrected chi connectivity index (χ2v) is 9.97. The van der Waals surface area contributed by atoms with Gasteiger partial charge in [0.25, 0.3) is 0 Å². The molecule has 0 radical (unpaired) electrons. The molecule has 0 atom stereocenters. The fourth-order valence-electron chi connectivity index (χ4n) is 3.96. The van der Waals surface area contributed by atoms with Gasteiger partial charge in [0.05, 0.1) is 31.1 Å². The number of benzene rings is 3. The molecule has 0 aromatic heterocycles. The highest BCUT2D eigenvalue weighted by Gasteiger charge is 2.14. The van der Waals surface area contributed by atoms with Crippen LogP contribution in [0.25, 0.3) is 0 Å². The van der Waals surface area contributed by atoms with Crippen LogP contribution < -0.4 is 29.0 Å². The van der Waals surface area contributed by atoms with Gasteiger partial charge >= 0.3 is 11.9 Å². The Hall–Kier alpha value is -4.99. The predicted octanol–water partition coefficient (Wildman–Crippen LogP) is 7.13. The van der Waals surface area contributed by atoms with Crippen molar-refractivity contribution < 1.29 is 42.8 Å². The Labute approximate surface area is 264 Å². The summed E-state index contributed by atoms with van der Waals surface area (Å²) in [4.78, 5) is 35.7. The van der Waals surface area contributed by atoms with Crippen molar-refractivity contribution in [3.05, 3.63) is 84.9 Å². The normalized spacial score (nSPS) is 10.4. The molecule has 240 valence electrons. The summed E-state index contributed by atoms with van der Waals surface area (Å²) in [6.45, 7) is 8.21. The van der Waals surface area contributed by atoms with Gasteiger partial charge in [0.15, 0.2) is 5.75 Å². The van der Waals surface area contributed by atoms with E-state index in [2.05, 4.69) is 18.8 Å². The van der Waals surface area contributed by atoms with Crippen LogP contribution in [0.1, 0.15) is 62.7 Å². The molecule has 3 aromatic carbocycles. The highest BCUT2D eigenvalue weighted by atomic mass is 16.7. The van der Waals surface area contributed by atoms with E-state index in [9.17, 15) is 14.4 Å². The average molecular weight is 620 g/mol. The summed E-state index contributed by atoms with van der Waals surface area (Å²) in [5.74, 6) is 1.15. The van der Waals surface area contributed by atoms with E-state index in [0.29, 0.717) is 55.5 Å². The van der Waals surface area contributed by atoms with E-state index in [1.165, 1.54) is 25.8 Å². The van der Waals surface area contributed by atoms with Crippen LogP contribution >= 0.6 is 0 Å². The molecule has 1 amide bonds. The Morgan fingerprint density at radius 3 is 1.89 bits per heavy atom. The Kier molecular flexibility index (Phi) is 14.8. The lowest BCUT2D eigenvalue weighted by molar-refractivity contribution is -0.137. The molecule has 0 fully saturated rings. The van der Waals surface area contributed by atoms with Crippen molar-refractivity contribution in [3.8, 4) is 28.7 Å². The van der Waals surface area contributed by atoms with Crippen LogP contribution in [0.4, 0.5) is 5.69 Å². The van der Waals surface area contributed by atoms with Gasteiger partial charge in [0, 0.05) is 19.1 Å². The predicted molar refractivity (Wildman–Crippen MR) is 170 cm³/mol. The zero-order valence-electron chi connectivity index (χ0n) is 25.9. The molecule has 0 aliphatic heterocycles. The molecular weight excluding hydrogens is 578 g/mol. The van der Waals surface area contributed by atoms with Crippen molar-refractivity contribution in [3.63, 3.8) is 0 Å². The monoisotopic (exact) mass is 619 g/mol. The van der Waals surface area contributed by atoms with Gasteiger partial charge in [-0.25, -0.2) is 9.59 Å². The Morgan fingerprint density at radius 2 is 1.27 bits per heavy atom. The standard InChI is InChI=1S/C35H41NO9/c1-4-6-7-8-21-40-29-15-17-30(18-16-29)43-25-44-31-19-20-33(32(24-31)36-26(3)37)45-35(39)27-11-13-28(14-12-27)41-22-9-10-23-42-34(38)5-2/h5,11-20,24H,2,4,6-10,21-23,25H2,1,3H3,(H,36,37). The summed E-state index contributed by atoms with van der Waals surface area (Å²) in [5.41, 5.74) is 0.571. The van der Waals surface area contributed by atoms with Gasteiger partial charge in [-0.3, -0.25) is 4.79 Å². The smallest absolute Gasteiger partial charge is 0.343 e. The number of carbonyl (C=O) groups excluding carboxylic acids is 3. The van der Waals surface area contributed by atoms with Crippen LogP contribution in [0, 0.1) is 0 Å². The number of nitrogens with one attached hydrogen (secondary N) is 1. The van der Waals surface area contributed by atoms with Gasteiger partial charge in [-0.2, -0.15) is 0 Å². The molecular formula is C35H41NO9. The van der Waals surface area contributed by atoms with Gasteiger partial charge in [-0.1, -0.05) is 32.8 Å². The van der Waals surface area contributed by atoms with Crippen molar-refractivity contribution in [2.75, 3.05) is 31.9 Å². The van der Waals surface area contributed by atoms with Crippen molar-refractivity contribution in [1.29, 1.82) is 0 Å². The molecule has 3 rings (SSSR count). The average Bonchev–Trinajstić information content (AvgIpc) is 3.04. The first-order valence-electron chi connectivity index (χ1n) is 15.0. The summed E-state index contributed by atoms with van der Waals surface area (Å²) >= 11 is 0. The SMILES string of the molecule is C=CC(=O)OCCCCOc1ccc(C(=O)Oc2ccc(OCOc3ccc(OCCCCCC)cc3)cc2NC(C)=O)cc1. The number of ether oxygens (including phenoxy) is 6. The van der Waals surface area contributed by atoms with E-state index in [0.717, 1.165) is 24.7 Å². The number of hydrogen-bond donors (Lipinski definition) is 1. The molecule has 1 N–H and O–H groups in total. The molecule has 10 nitrogen and oxygen atoms in total. The summed E-state index contributed by atoms with van der Waals surface area (Å²) in [6.07, 6.45) is 7.06. The van der Waals surface area contributed by atoms with Gasteiger partial charge in [-0.05, 0) is 79.9 Å². The zero-order valence-corrected chi connectivity index (χ0v) is 25.9. The largest absolute Gasteiger partial charge is 0.494 e. The molecule has 0 saturated carbocycles. The molecule has 0 heterocycles. The van der Waals surface area contributed by atoms with Crippen LogP contribution in [0.15, 0.2) is 79.4 Å². The van der Waals surface area contributed by atoms with Crippen LogP contribution in [0.3, 0.4) is 0 Å². The Morgan fingerprint density at radius 1 is 0.711 bits per heavy atom. The number of hydrogen-bond acceptors (Lipinski definition) is 9. The van der Waals surface area contributed by atoms with Gasteiger partial charge in [-0.15, -0.1) is 0 Å². The lowest BCUT2D eigenvalue weighted by Crippen LogP contribution is -2.13. The first-order chi connectivity index (χ1) is 21.9. The second kappa shape index (κ2) is 19.3. The number of rotatable bonds is 20. The molecule has 0 unspecified atom stereocenters. The van der Waals surface area contributed by atoms with Crippen LogP contribution in [0.2, 0.25) is 0 Å². The minimum Gasteiger partial charge on any atom is -0.494 e. The topological polar surface area (TPSA) is 119 Å². The molecule has 45 heavy (non-hydrogen) atoms. The number of unbranched alkanes of at least 4 members (excludes halogenated alkanes) is 4.